The van der Waals surface area contributed by atoms with Crippen molar-refractivity contribution in [3.8, 4) is 0 Å². The van der Waals surface area contributed by atoms with E-state index in [9.17, 15) is 9.90 Å². The Kier molecular flexibility index (Phi) is 8.79. The van der Waals surface area contributed by atoms with Gasteiger partial charge in [-0.3, -0.25) is 0 Å². The molecule has 5 aliphatic rings. The highest BCUT2D eigenvalue weighted by atomic mass is 16.4. The minimum absolute atomic E-state index is 0.0489. The zero-order valence-electron chi connectivity index (χ0n) is 30.5. The zero-order chi connectivity index (χ0) is 33.3. The van der Waals surface area contributed by atoms with Crippen LogP contribution in [0.3, 0.4) is 0 Å². The molecule has 0 aliphatic heterocycles. The number of fused-ring (bicyclic) bond motifs is 7. The summed E-state index contributed by atoms with van der Waals surface area (Å²) in [5, 5.41) is 13.5. The van der Waals surface area contributed by atoms with Crippen molar-refractivity contribution in [2.45, 2.75) is 106 Å². The highest BCUT2D eigenvalue weighted by molar-refractivity contribution is 5.88. The number of rotatable bonds is 9. The van der Waals surface area contributed by atoms with Crippen LogP contribution in [0.25, 0.3) is 5.57 Å². The highest BCUT2D eigenvalue weighted by Crippen LogP contribution is 2.77. The largest absolute Gasteiger partial charge is 0.478 e. The first-order valence-electron chi connectivity index (χ1n) is 18.7. The lowest BCUT2D eigenvalue weighted by atomic mass is 9.32. The van der Waals surface area contributed by atoms with E-state index in [1.54, 1.807) is 12.1 Å². The van der Waals surface area contributed by atoms with E-state index in [2.05, 4.69) is 78.5 Å². The van der Waals surface area contributed by atoms with Gasteiger partial charge in [-0.1, -0.05) is 65.0 Å². The van der Waals surface area contributed by atoms with Crippen LogP contribution in [0, 0.1) is 56.7 Å². The first-order valence-corrected chi connectivity index (χ1v) is 18.7. The van der Waals surface area contributed by atoms with Gasteiger partial charge in [0, 0.05) is 6.54 Å². The van der Waals surface area contributed by atoms with Gasteiger partial charge >= 0.3 is 5.97 Å². The van der Waals surface area contributed by atoms with Gasteiger partial charge in [0.2, 0.25) is 0 Å². The Morgan fingerprint density at radius 1 is 0.935 bits per heavy atom. The minimum Gasteiger partial charge on any atom is -0.478 e. The summed E-state index contributed by atoms with van der Waals surface area (Å²) in [5.74, 6) is 2.72. The topological polar surface area (TPSA) is 52.6 Å². The quantitative estimate of drug-likeness (QED) is 0.211. The first-order chi connectivity index (χ1) is 21.6. The molecule has 0 radical (unpaired) electrons. The number of carbonyl (C=O) groups is 1. The second kappa shape index (κ2) is 11.9. The molecule has 1 aromatic rings. The molecule has 1 aromatic carbocycles. The molecule has 4 fully saturated rings. The van der Waals surface area contributed by atoms with Gasteiger partial charge in [0.25, 0.3) is 0 Å². The van der Waals surface area contributed by atoms with Crippen LogP contribution >= 0.6 is 0 Å². The van der Waals surface area contributed by atoms with E-state index in [1.165, 1.54) is 81.0 Å². The smallest absolute Gasteiger partial charge is 0.335 e. The Morgan fingerprint density at radius 3 is 2.30 bits per heavy atom. The number of nitrogens with zero attached hydrogens (tertiary/aromatic N) is 1. The number of hydrogen-bond donors (Lipinski definition) is 2. The SMILES string of the molecule is C=C(C)C1CCC2(CNCCCN(C)C)CCC3(C)C(CCC4C5(C)CC=C(c6ccc(C(=O)O)cc6)C(C)(C)C5CCC43C)C12. The molecule has 0 amide bonds. The molecule has 2 N–H and O–H groups in total. The summed E-state index contributed by atoms with van der Waals surface area (Å²) in [4.78, 5) is 13.8. The molecule has 6 rings (SSSR count). The number of carboxylic acid groups (broad SMARTS) is 1. The average molecular weight is 629 g/mol. The third kappa shape index (κ3) is 5.10. The molecule has 4 nitrogen and oxygen atoms in total. The standard InChI is InChI=1S/C42H64N2O2/c1-28(2)31-17-22-42(27-43-25-10-26-44(8)9)24-23-40(6)33(36(31)42)15-16-35-39(5)20-18-32(29-11-13-30(14-12-29)37(45)46)38(3,4)34(39)19-21-41(35,40)7/h11-14,18,31,33-36,43H,1,10,15-17,19-27H2,2-9H3,(H,45,46). The monoisotopic (exact) mass is 628 g/mol. The Labute approximate surface area is 280 Å². The number of benzene rings is 1. The van der Waals surface area contributed by atoms with Crippen molar-refractivity contribution >= 4 is 11.5 Å². The molecule has 0 bridgehead atoms. The first kappa shape index (κ1) is 34.0. The molecule has 46 heavy (non-hydrogen) atoms. The Balaban J connectivity index is 1.29. The van der Waals surface area contributed by atoms with Crippen molar-refractivity contribution in [3.63, 3.8) is 0 Å². The van der Waals surface area contributed by atoms with Crippen LogP contribution < -0.4 is 5.32 Å². The lowest BCUT2D eigenvalue weighted by Crippen LogP contribution is -2.65. The molecule has 0 aromatic heterocycles. The van der Waals surface area contributed by atoms with Gasteiger partial charge in [-0.05, 0) is 178 Å². The van der Waals surface area contributed by atoms with Crippen LogP contribution in [0.1, 0.15) is 122 Å². The normalized spacial score (nSPS) is 41.2. The van der Waals surface area contributed by atoms with E-state index >= 15 is 0 Å². The molecule has 254 valence electrons. The van der Waals surface area contributed by atoms with Gasteiger partial charge in [-0.15, -0.1) is 0 Å². The van der Waals surface area contributed by atoms with E-state index in [4.69, 9.17) is 0 Å². The molecule has 0 spiro atoms. The van der Waals surface area contributed by atoms with Crippen molar-refractivity contribution in [1.29, 1.82) is 0 Å². The van der Waals surface area contributed by atoms with Gasteiger partial charge in [0.1, 0.15) is 0 Å². The number of aromatic carboxylic acids is 1. The van der Waals surface area contributed by atoms with Gasteiger partial charge in [0.15, 0.2) is 0 Å². The molecule has 4 heteroatoms. The summed E-state index contributed by atoms with van der Waals surface area (Å²) < 4.78 is 0. The summed E-state index contributed by atoms with van der Waals surface area (Å²) in [6.45, 7) is 23.6. The third-order valence-corrected chi connectivity index (χ3v) is 15.7. The fraction of sp³-hybridized carbons (Fsp3) is 0.738. The maximum Gasteiger partial charge on any atom is 0.335 e. The summed E-state index contributed by atoms with van der Waals surface area (Å²) in [6.07, 6.45) is 15.7. The van der Waals surface area contributed by atoms with Crippen LogP contribution in [0.2, 0.25) is 0 Å². The second-order valence-corrected chi connectivity index (χ2v) is 18.3. The van der Waals surface area contributed by atoms with Crippen LogP contribution in [-0.2, 0) is 0 Å². The predicted molar refractivity (Wildman–Crippen MR) is 192 cm³/mol. The van der Waals surface area contributed by atoms with E-state index < -0.39 is 5.97 Å². The van der Waals surface area contributed by atoms with E-state index in [1.807, 2.05) is 12.1 Å². The second-order valence-electron chi connectivity index (χ2n) is 18.3. The molecule has 9 atom stereocenters. The lowest BCUT2D eigenvalue weighted by molar-refractivity contribution is -0.225. The summed E-state index contributed by atoms with van der Waals surface area (Å²) in [7, 11) is 4.36. The summed E-state index contributed by atoms with van der Waals surface area (Å²) >= 11 is 0. The maximum absolute atomic E-state index is 11.5. The van der Waals surface area contributed by atoms with Gasteiger partial charge in [-0.25, -0.2) is 4.79 Å². The van der Waals surface area contributed by atoms with E-state index in [0.29, 0.717) is 33.6 Å². The summed E-state index contributed by atoms with van der Waals surface area (Å²) in [5.41, 5.74) is 5.90. The zero-order valence-corrected chi connectivity index (χ0v) is 30.5. The van der Waals surface area contributed by atoms with Gasteiger partial charge in [-0.2, -0.15) is 0 Å². The fourth-order valence-electron chi connectivity index (χ4n) is 13.3. The number of carboxylic acids is 1. The Hall–Kier alpha value is -1.91. The van der Waals surface area contributed by atoms with Gasteiger partial charge < -0.3 is 15.3 Å². The fourth-order valence-corrected chi connectivity index (χ4v) is 13.3. The van der Waals surface area contributed by atoms with Crippen LogP contribution in [-0.4, -0.2) is 49.7 Å². The average Bonchev–Trinajstić information content (AvgIpc) is 3.37. The lowest BCUT2D eigenvalue weighted by Gasteiger charge is -2.72. The molecule has 0 saturated heterocycles. The Bertz CT molecular complexity index is 1360. The van der Waals surface area contributed by atoms with Crippen molar-refractivity contribution in [1.82, 2.24) is 10.2 Å². The third-order valence-electron chi connectivity index (χ3n) is 15.7. The van der Waals surface area contributed by atoms with Crippen molar-refractivity contribution < 1.29 is 9.90 Å². The summed E-state index contributed by atoms with van der Waals surface area (Å²) in [6, 6.07) is 7.66. The Morgan fingerprint density at radius 2 is 1.65 bits per heavy atom. The molecule has 5 aliphatic carbocycles. The molecule has 9 unspecified atom stereocenters. The van der Waals surface area contributed by atoms with Crippen molar-refractivity contribution in [2.24, 2.45) is 56.7 Å². The number of hydrogen-bond acceptors (Lipinski definition) is 3. The van der Waals surface area contributed by atoms with Crippen molar-refractivity contribution in [2.75, 3.05) is 33.7 Å². The van der Waals surface area contributed by atoms with Crippen LogP contribution in [0.5, 0.6) is 0 Å². The molecular formula is C42H64N2O2. The van der Waals surface area contributed by atoms with E-state index in [-0.39, 0.29) is 10.8 Å². The van der Waals surface area contributed by atoms with Crippen LogP contribution in [0.15, 0.2) is 42.5 Å². The molecule has 4 saturated carbocycles. The van der Waals surface area contributed by atoms with E-state index in [0.717, 1.165) is 37.3 Å². The molecule has 0 heterocycles. The molecular weight excluding hydrogens is 564 g/mol. The number of allylic oxidation sites excluding steroid dienone is 3. The minimum atomic E-state index is -0.852. The maximum atomic E-state index is 11.5. The van der Waals surface area contributed by atoms with Crippen LogP contribution in [0.4, 0.5) is 0 Å². The number of nitrogens with one attached hydrogen (secondary N) is 1. The van der Waals surface area contributed by atoms with Gasteiger partial charge in [0.05, 0.1) is 5.56 Å². The predicted octanol–water partition coefficient (Wildman–Crippen LogP) is 9.58. The van der Waals surface area contributed by atoms with Crippen molar-refractivity contribution in [3.05, 3.63) is 53.6 Å². The highest BCUT2D eigenvalue weighted by Gasteiger charge is 2.70.